The Bertz CT molecular complexity index is 1360. The molecule has 2 saturated heterocycles. The third-order valence-electron chi connectivity index (χ3n) is 9.31. The average molecular weight is 574 g/mol. The molecule has 0 radical (unpaired) electrons. The molecule has 6 rings (SSSR count). The van der Waals surface area contributed by atoms with Crippen molar-refractivity contribution in [2.75, 3.05) is 19.0 Å². The number of fused-ring (bicyclic) bond motifs is 1. The van der Waals surface area contributed by atoms with Crippen molar-refractivity contribution in [3.63, 3.8) is 0 Å². The normalized spacial score (nSPS) is 31.1. The predicted octanol–water partition coefficient (Wildman–Crippen LogP) is 4.08. The molecular weight excluding hydrogens is 534 g/mol. The van der Waals surface area contributed by atoms with E-state index >= 15 is 0 Å². The standard InChI is InChI=1S/C33H39N3O6/c1-4-41-24-15-11-22(12-16-24)34-30(37)27-26-17-18-33(42-26)28(27)32(39)36(19-21-9-13-23(40-3)14-10-21)29(33)31(38)35-25-8-6-5-7-20(25)2/h9-18,20,25-29H,4-8,19H2,1-3H3,(H,34,37)(H,35,38)/t20-,25-,26+,27-,28+,29+,33+/m1/s1. The second kappa shape index (κ2) is 11.4. The first-order chi connectivity index (χ1) is 20.3. The van der Waals surface area contributed by atoms with Crippen LogP contribution in [0.1, 0.15) is 45.1 Å². The van der Waals surface area contributed by atoms with Crippen LogP contribution in [0, 0.1) is 17.8 Å². The molecule has 0 unspecified atom stereocenters. The minimum Gasteiger partial charge on any atom is -0.497 e. The van der Waals surface area contributed by atoms with E-state index in [-0.39, 0.29) is 30.3 Å². The lowest BCUT2D eigenvalue weighted by Crippen LogP contribution is -2.57. The topological polar surface area (TPSA) is 106 Å². The summed E-state index contributed by atoms with van der Waals surface area (Å²) in [5.41, 5.74) is 0.250. The molecule has 2 aromatic rings. The van der Waals surface area contributed by atoms with Crippen molar-refractivity contribution in [3.8, 4) is 11.5 Å². The summed E-state index contributed by atoms with van der Waals surface area (Å²) in [7, 11) is 1.60. The summed E-state index contributed by atoms with van der Waals surface area (Å²) in [4.78, 5) is 43.7. The summed E-state index contributed by atoms with van der Waals surface area (Å²) in [6.07, 6.45) is 7.29. The van der Waals surface area contributed by atoms with Crippen LogP contribution in [0.5, 0.6) is 11.5 Å². The van der Waals surface area contributed by atoms with Gasteiger partial charge in [-0.05, 0) is 67.6 Å². The van der Waals surface area contributed by atoms with Crippen LogP contribution >= 0.6 is 0 Å². The number of hydrogen-bond donors (Lipinski definition) is 2. The third kappa shape index (κ3) is 4.93. The van der Waals surface area contributed by atoms with Gasteiger partial charge in [0.1, 0.15) is 23.1 Å². The number of benzene rings is 2. The molecule has 0 aromatic heterocycles. The monoisotopic (exact) mass is 573 g/mol. The molecule has 2 bridgehead atoms. The molecular formula is C33H39N3O6. The number of ether oxygens (including phenoxy) is 3. The zero-order valence-corrected chi connectivity index (χ0v) is 24.4. The quantitative estimate of drug-likeness (QED) is 0.438. The van der Waals surface area contributed by atoms with Gasteiger partial charge in [-0.15, -0.1) is 0 Å². The Morgan fingerprint density at radius 2 is 1.74 bits per heavy atom. The van der Waals surface area contributed by atoms with E-state index in [1.807, 2.05) is 43.3 Å². The number of rotatable bonds is 9. The van der Waals surface area contributed by atoms with E-state index < -0.39 is 29.6 Å². The number of amides is 3. The molecule has 4 aliphatic rings. The lowest BCUT2D eigenvalue weighted by atomic mass is 9.74. The zero-order chi connectivity index (χ0) is 29.4. The summed E-state index contributed by atoms with van der Waals surface area (Å²) in [6.45, 7) is 4.84. The number of nitrogens with one attached hydrogen (secondary N) is 2. The fourth-order valence-corrected chi connectivity index (χ4v) is 7.18. The van der Waals surface area contributed by atoms with Crippen LogP contribution in [0.25, 0.3) is 0 Å². The first-order valence-corrected chi connectivity index (χ1v) is 15.0. The van der Waals surface area contributed by atoms with Crippen molar-refractivity contribution in [2.45, 2.75) is 69.9 Å². The minimum atomic E-state index is -1.21. The number of likely N-dealkylation sites (tertiary alicyclic amines) is 1. The van der Waals surface area contributed by atoms with E-state index in [1.165, 1.54) is 0 Å². The van der Waals surface area contributed by atoms with Crippen molar-refractivity contribution in [1.82, 2.24) is 10.2 Å². The van der Waals surface area contributed by atoms with Crippen molar-refractivity contribution < 1.29 is 28.6 Å². The SMILES string of the molecule is CCOc1ccc(NC(=O)[C@@H]2[C@@H]3C=C[C@]4(O3)[C@@H]2C(=O)N(Cc2ccc(OC)cc2)[C@H]4C(=O)N[C@@H]2CCCC[C@H]2C)cc1. The van der Waals surface area contributed by atoms with Gasteiger partial charge in [0.25, 0.3) is 0 Å². The molecule has 3 fully saturated rings. The average Bonchev–Trinajstić information content (AvgIpc) is 3.63. The van der Waals surface area contributed by atoms with E-state index in [1.54, 1.807) is 36.3 Å². The third-order valence-corrected chi connectivity index (χ3v) is 9.31. The fraction of sp³-hybridized carbons (Fsp3) is 0.485. The number of carbonyl (C=O) groups is 3. The molecule has 1 spiro atoms. The Morgan fingerprint density at radius 1 is 1.02 bits per heavy atom. The summed E-state index contributed by atoms with van der Waals surface area (Å²) in [6, 6.07) is 13.7. The molecule has 7 atom stereocenters. The summed E-state index contributed by atoms with van der Waals surface area (Å²) >= 11 is 0. The molecule has 3 heterocycles. The lowest BCUT2D eigenvalue weighted by Gasteiger charge is -2.36. The molecule has 9 nitrogen and oxygen atoms in total. The van der Waals surface area contributed by atoms with Crippen LogP contribution in [-0.2, 0) is 25.7 Å². The Labute approximate surface area is 246 Å². The van der Waals surface area contributed by atoms with Gasteiger partial charge >= 0.3 is 0 Å². The molecule has 42 heavy (non-hydrogen) atoms. The molecule has 1 saturated carbocycles. The fourth-order valence-electron chi connectivity index (χ4n) is 7.18. The Balaban J connectivity index is 1.29. The lowest BCUT2D eigenvalue weighted by molar-refractivity contribution is -0.142. The summed E-state index contributed by atoms with van der Waals surface area (Å²) in [5.74, 6) is -0.586. The van der Waals surface area contributed by atoms with Gasteiger partial charge in [0.2, 0.25) is 17.7 Å². The van der Waals surface area contributed by atoms with Crippen molar-refractivity contribution >= 4 is 23.4 Å². The van der Waals surface area contributed by atoms with Gasteiger partial charge in [-0.25, -0.2) is 0 Å². The second-order valence-electron chi connectivity index (χ2n) is 11.8. The largest absolute Gasteiger partial charge is 0.497 e. The van der Waals surface area contributed by atoms with Crippen molar-refractivity contribution in [2.24, 2.45) is 17.8 Å². The maximum atomic E-state index is 14.3. The van der Waals surface area contributed by atoms with Crippen molar-refractivity contribution in [3.05, 3.63) is 66.2 Å². The van der Waals surface area contributed by atoms with Crippen LogP contribution in [0.3, 0.4) is 0 Å². The molecule has 3 aliphatic heterocycles. The molecule has 3 amide bonds. The van der Waals surface area contributed by atoms with Gasteiger partial charge < -0.3 is 29.7 Å². The van der Waals surface area contributed by atoms with E-state index in [0.29, 0.717) is 29.7 Å². The Hall–Kier alpha value is -3.85. The highest BCUT2D eigenvalue weighted by molar-refractivity contribution is 6.02. The summed E-state index contributed by atoms with van der Waals surface area (Å²) < 4.78 is 17.3. The van der Waals surface area contributed by atoms with Crippen LogP contribution in [0.4, 0.5) is 5.69 Å². The van der Waals surface area contributed by atoms with Crippen molar-refractivity contribution in [1.29, 1.82) is 0 Å². The highest BCUT2D eigenvalue weighted by Crippen LogP contribution is 2.55. The highest BCUT2D eigenvalue weighted by atomic mass is 16.5. The van der Waals surface area contributed by atoms with Crippen LogP contribution in [-0.4, -0.2) is 60.1 Å². The highest BCUT2D eigenvalue weighted by Gasteiger charge is 2.72. The van der Waals surface area contributed by atoms with Gasteiger partial charge in [-0.3, -0.25) is 14.4 Å². The van der Waals surface area contributed by atoms with Crippen LogP contribution in [0.15, 0.2) is 60.7 Å². The van der Waals surface area contributed by atoms with E-state index in [0.717, 1.165) is 31.2 Å². The van der Waals surface area contributed by atoms with Gasteiger partial charge in [0.05, 0.1) is 31.7 Å². The van der Waals surface area contributed by atoms with E-state index in [4.69, 9.17) is 14.2 Å². The molecule has 1 aliphatic carbocycles. The maximum Gasteiger partial charge on any atom is 0.246 e. The van der Waals surface area contributed by atoms with Gasteiger partial charge in [-0.2, -0.15) is 0 Å². The number of carbonyl (C=O) groups excluding carboxylic acids is 3. The first kappa shape index (κ1) is 28.3. The van der Waals surface area contributed by atoms with Gasteiger partial charge in [0.15, 0.2) is 0 Å². The second-order valence-corrected chi connectivity index (χ2v) is 11.8. The Morgan fingerprint density at radius 3 is 2.43 bits per heavy atom. The van der Waals surface area contributed by atoms with E-state index in [9.17, 15) is 14.4 Å². The molecule has 2 aromatic carbocycles. The van der Waals surface area contributed by atoms with Crippen LogP contribution < -0.4 is 20.1 Å². The minimum absolute atomic E-state index is 0.0426. The summed E-state index contributed by atoms with van der Waals surface area (Å²) in [5, 5.41) is 6.24. The molecule has 9 heteroatoms. The maximum absolute atomic E-state index is 14.3. The van der Waals surface area contributed by atoms with E-state index in [2.05, 4.69) is 17.6 Å². The molecule has 2 N–H and O–H groups in total. The zero-order valence-electron chi connectivity index (χ0n) is 24.4. The molecule has 222 valence electrons. The van der Waals surface area contributed by atoms with Crippen LogP contribution in [0.2, 0.25) is 0 Å². The number of anilines is 1. The smallest absolute Gasteiger partial charge is 0.246 e. The Kier molecular flexibility index (Phi) is 7.70. The first-order valence-electron chi connectivity index (χ1n) is 15.0. The van der Waals surface area contributed by atoms with Gasteiger partial charge in [0, 0.05) is 18.3 Å². The van der Waals surface area contributed by atoms with Gasteiger partial charge in [-0.1, -0.05) is 44.1 Å². The predicted molar refractivity (Wildman–Crippen MR) is 157 cm³/mol. The number of nitrogens with zero attached hydrogens (tertiary/aromatic N) is 1. The number of methoxy groups -OCH3 is 1. The number of hydrogen-bond acceptors (Lipinski definition) is 6.